The van der Waals surface area contributed by atoms with E-state index in [1.165, 1.54) is 17.9 Å². The SMILES string of the molecule is C[C@@H]1CN(Cc2cc3c(c(C(F)(F)F)c2)CN(c2cccc([C@]4(c5nncn5C)C[C@H](C#N)C4)c2)C3=O)CCC1(F)F. The first-order valence-electron chi connectivity index (χ1n) is 13.8. The van der Waals surface area contributed by atoms with Crippen LogP contribution in [0.4, 0.5) is 27.6 Å². The van der Waals surface area contributed by atoms with Crippen LogP contribution in [0.25, 0.3) is 0 Å². The van der Waals surface area contributed by atoms with Crippen LogP contribution in [0.2, 0.25) is 0 Å². The van der Waals surface area contributed by atoms with Gasteiger partial charge in [0.1, 0.15) is 12.2 Å². The fourth-order valence-corrected chi connectivity index (χ4v) is 6.70. The number of anilines is 1. The Morgan fingerprint density at radius 3 is 2.57 bits per heavy atom. The van der Waals surface area contributed by atoms with E-state index in [1.54, 1.807) is 34.0 Å². The van der Waals surface area contributed by atoms with Crippen LogP contribution in [0.3, 0.4) is 0 Å². The Hall–Kier alpha value is -3.85. The molecule has 0 radical (unpaired) electrons. The van der Waals surface area contributed by atoms with Crippen LogP contribution in [0.5, 0.6) is 0 Å². The number of benzene rings is 2. The predicted octanol–water partition coefficient (Wildman–Crippen LogP) is 5.69. The zero-order valence-corrected chi connectivity index (χ0v) is 23.1. The van der Waals surface area contributed by atoms with Crippen molar-refractivity contribution in [1.29, 1.82) is 5.26 Å². The summed E-state index contributed by atoms with van der Waals surface area (Å²) in [4.78, 5) is 16.7. The van der Waals surface area contributed by atoms with E-state index >= 15 is 0 Å². The maximum atomic E-state index is 14.3. The van der Waals surface area contributed by atoms with Gasteiger partial charge in [-0.2, -0.15) is 18.4 Å². The van der Waals surface area contributed by atoms with Crippen molar-refractivity contribution in [2.75, 3.05) is 18.0 Å². The van der Waals surface area contributed by atoms with Crippen LogP contribution in [0.15, 0.2) is 42.7 Å². The van der Waals surface area contributed by atoms with Gasteiger partial charge in [0.2, 0.25) is 0 Å². The molecule has 1 saturated heterocycles. The summed E-state index contributed by atoms with van der Waals surface area (Å²) in [5.74, 6) is -3.78. The predicted molar refractivity (Wildman–Crippen MR) is 143 cm³/mol. The lowest BCUT2D eigenvalue weighted by molar-refractivity contribution is -0.138. The molecule has 0 spiro atoms. The van der Waals surface area contributed by atoms with Crippen molar-refractivity contribution < 1.29 is 26.7 Å². The molecule has 3 heterocycles. The molecule has 2 fully saturated rings. The highest BCUT2D eigenvalue weighted by molar-refractivity contribution is 6.10. The van der Waals surface area contributed by atoms with Crippen LogP contribution in [0.1, 0.15) is 64.6 Å². The second-order valence-corrected chi connectivity index (χ2v) is 11.8. The van der Waals surface area contributed by atoms with Gasteiger partial charge >= 0.3 is 6.18 Å². The molecule has 1 aliphatic carbocycles. The van der Waals surface area contributed by atoms with E-state index in [1.807, 2.05) is 13.1 Å². The lowest BCUT2D eigenvalue weighted by atomic mass is 9.58. The number of aryl methyl sites for hydroxylation is 1. The zero-order valence-electron chi connectivity index (χ0n) is 23.1. The molecule has 2 aromatic carbocycles. The maximum Gasteiger partial charge on any atom is 0.416 e. The van der Waals surface area contributed by atoms with Gasteiger partial charge in [0.15, 0.2) is 0 Å². The van der Waals surface area contributed by atoms with Crippen LogP contribution in [-0.4, -0.2) is 44.6 Å². The fraction of sp³-hybridized carbons (Fsp3) is 0.467. The number of rotatable bonds is 5. The number of amides is 1. The lowest BCUT2D eigenvalue weighted by Crippen LogP contribution is -2.45. The van der Waals surface area contributed by atoms with E-state index in [0.717, 1.165) is 11.6 Å². The summed E-state index contributed by atoms with van der Waals surface area (Å²) in [5, 5.41) is 17.8. The number of hydrogen-bond donors (Lipinski definition) is 0. The number of nitrogens with zero attached hydrogens (tertiary/aromatic N) is 6. The average molecular weight is 585 g/mol. The Labute approximate surface area is 239 Å². The third kappa shape index (κ3) is 4.64. The quantitative estimate of drug-likeness (QED) is 0.360. The normalized spacial score (nSPS) is 25.7. The lowest BCUT2D eigenvalue weighted by Gasteiger charge is -2.44. The number of carbonyl (C=O) groups excluding carboxylic acids is 1. The fourth-order valence-electron chi connectivity index (χ4n) is 6.70. The Bertz CT molecular complexity index is 1590. The molecule has 1 saturated carbocycles. The standard InChI is InChI=1S/C30H29F5N6O/c1-18-14-40(7-6-29(18,31)32)15-19-8-23-24(25(9-19)30(33,34)35)16-41(26(23)42)22-5-3-4-21(10-22)28(11-20(12-28)13-36)27-38-37-17-39(27)2/h3-5,8-10,17-18,20H,6-7,11-12,14-16H2,1-2H3/t18-,20-,28-/m1/s1. The number of aromatic nitrogens is 3. The van der Waals surface area contributed by atoms with Gasteiger partial charge in [-0.25, -0.2) is 8.78 Å². The van der Waals surface area contributed by atoms with Gasteiger partial charge in [0, 0.05) is 56.2 Å². The minimum absolute atomic E-state index is 0.0307. The number of piperidine rings is 1. The topological polar surface area (TPSA) is 78.1 Å². The van der Waals surface area contributed by atoms with Gasteiger partial charge in [-0.15, -0.1) is 10.2 Å². The smallest absolute Gasteiger partial charge is 0.320 e. The van der Waals surface area contributed by atoms with Gasteiger partial charge in [0.05, 0.1) is 23.6 Å². The van der Waals surface area contributed by atoms with Crippen molar-refractivity contribution in [2.24, 2.45) is 18.9 Å². The van der Waals surface area contributed by atoms with Crippen molar-refractivity contribution in [3.8, 4) is 6.07 Å². The van der Waals surface area contributed by atoms with Gasteiger partial charge in [0.25, 0.3) is 11.8 Å². The third-order valence-corrected chi connectivity index (χ3v) is 9.05. The minimum Gasteiger partial charge on any atom is -0.320 e. The molecule has 3 aromatic rings. The molecule has 0 bridgehead atoms. The number of carbonyl (C=O) groups is 1. The number of alkyl halides is 5. The van der Waals surface area contributed by atoms with E-state index in [2.05, 4.69) is 16.3 Å². The zero-order chi connectivity index (χ0) is 30.0. The molecule has 3 aliphatic rings. The van der Waals surface area contributed by atoms with Crippen LogP contribution >= 0.6 is 0 Å². The molecule has 1 amide bonds. The first-order valence-corrected chi connectivity index (χ1v) is 13.8. The Kier molecular flexibility index (Phi) is 6.64. The molecule has 2 aliphatic heterocycles. The highest BCUT2D eigenvalue weighted by Crippen LogP contribution is 2.52. The molecule has 220 valence electrons. The first kappa shape index (κ1) is 28.3. The summed E-state index contributed by atoms with van der Waals surface area (Å²) in [6.07, 6.45) is -2.46. The Balaban J connectivity index is 1.33. The summed E-state index contributed by atoms with van der Waals surface area (Å²) < 4.78 is 72.6. The summed E-state index contributed by atoms with van der Waals surface area (Å²) >= 11 is 0. The molecule has 0 unspecified atom stereocenters. The van der Waals surface area contributed by atoms with Crippen molar-refractivity contribution in [2.45, 2.75) is 56.8 Å². The average Bonchev–Trinajstić information content (AvgIpc) is 3.49. The van der Waals surface area contributed by atoms with E-state index in [0.29, 0.717) is 24.4 Å². The number of hydrogen-bond acceptors (Lipinski definition) is 5. The van der Waals surface area contributed by atoms with Crippen molar-refractivity contribution >= 4 is 11.6 Å². The maximum absolute atomic E-state index is 14.3. The highest BCUT2D eigenvalue weighted by atomic mass is 19.4. The van der Waals surface area contributed by atoms with Crippen LogP contribution in [-0.2, 0) is 31.7 Å². The molecule has 7 nitrogen and oxygen atoms in total. The van der Waals surface area contributed by atoms with Gasteiger partial charge in [-0.1, -0.05) is 19.1 Å². The second kappa shape index (κ2) is 9.87. The summed E-state index contributed by atoms with van der Waals surface area (Å²) in [6.45, 7) is 1.34. The van der Waals surface area contributed by atoms with Crippen LogP contribution in [0, 0.1) is 23.2 Å². The summed E-state index contributed by atoms with van der Waals surface area (Å²) in [6, 6.07) is 11.9. The molecule has 1 aromatic heterocycles. The Morgan fingerprint density at radius 1 is 1.17 bits per heavy atom. The van der Waals surface area contributed by atoms with E-state index < -0.39 is 34.9 Å². The monoisotopic (exact) mass is 584 g/mol. The number of fused-ring (bicyclic) bond motifs is 1. The molecular weight excluding hydrogens is 555 g/mol. The van der Waals surface area contributed by atoms with Gasteiger partial charge < -0.3 is 9.47 Å². The summed E-state index contributed by atoms with van der Waals surface area (Å²) in [7, 11) is 1.81. The van der Waals surface area contributed by atoms with E-state index in [9.17, 15) is 32.0 Å². The van der Waals surface area contributed by atoms with Gasteiger partial charge in [-0.3, -0.25) is 9.69 Å². The number of halogens is 5. The van der Waals surface area contributed by atoms with Crippen molar-refractivity contribution in [3.63, 3.8) is 0 Å². The summed E-state index contributed by atoms with van der Waals surface area (Å²) in [5.41, 5.74) is -0.113. The molecule has 0 N–H and O–H groups in total. The molecular formula is C30H29F5N6O. The van der Waals surface area contributed by atoms with Crippen LogP contribution < -0.4 is 4.90 Å². The largest absolute Gasteiger partial charge is 0.416 e. The second-order valence-electron chi connectivity index (χ2n) is 11.8. The molecule has 12 heteroatoms. The minimum atomic E-state index is -4.70. The van der Waals surface area contributed by atoms with Gasteiger partial charge in [-0.05, 0) is 53.8 Å². The third-order valence-electron chi connectivity index (χ3n) is 9.05. The number of likely N-dealkylation sites (tertiary alicyclic amines) is 1. The van der Waals surface area contributed by atoms with E-state index in [4.69, 9.17) is 0 Å². The molecule has 6 rings (SSSR count). The van der Waals surface area contributed by atoms with Crippen molar-refractivity contribution in [1.82, 2.24) is 19.7 Å². The first-order chi connectivity index (χ1) is 19.8. The molecule has 1 atom stereocenters. The Morgan fingerprint density at radius 2 is 1.93 bits per heavy atom. The van der Waals surface area contributed by atoms with Crippen molar-refractivity contribution in [3.05, 3.63) is 76.4 Å². The highest BCUT2D eigenvalue weighted by Gasteiger charge is 2.50. The van der Waals surface area contributed by atoms with E-state index in [-0.39, 0.29) is 55.2 Å². The number of nitriles is 1. The molecule has 42 heavy (non-hydrogen) atoms.